The number of aromatic nitrogens is 1. The summed E-state index contributed by atoms with van der Waals surface area (Å²) in [5, 5.41) is 22.5. The van der Waals surface area contributed by atoms with Gasteiger partial charge in [0.15, 0.2) is 0 Å². The molecule has 0 radical (unpaired) electrons. The number of pyridine rings is 1. The lowest BCUT2D eigenvalue weighted by Gasteiger charge is -2.37. The summed E-state index contributed by atoms with van der Waals surface area (Å²) in [5.74, 6) is 14.1. The number of amides is 2. The van der Waals surface area contributed by atoms with Crippen molar-refractivity contribution in [2.24, 2.45) is 29.6 Å². The number of likely N-dealkylation sites (tertiary alicyclic amines) is 2. The van der Waals surface area contributed by atoms with E-state index in [1.54, 1.807) is 24.5 Å². The summed E-state index contributed by atoms with van der Waals surface area (Å²) in [6.07, 6.45) is 10.8. The molecule has 2 amide bonds. The second-order valence-electron chi connectivity index (χ2n) is 15.6. The molecule has 3 heterocycles. The van der Waals surface area contributed by atoms with E-state index in [0.717, 1.165) is 68.2 Å². The highest BCUT2D eigenvalue weighted by Crippen LogP contribution is 2.45. The highest BCUT2D eigenvalue weighted by atomic mass is 16.3. The Labute approximate surface area is 302 Å². The maximum Gasteiger partial charge on any atom is 0.255 e. The molecule has 3 saturated carbocycles. The molecule has 6 atom stereocenters. The molecular formula is C44H49N3O4. The Bertz CT molecular complexity index is 1880. The zero-order valence-corrected chi connectivity index (χ0v) is 29.9. The summed E-state index contributed by atoms with van der Waals surface area (Å²) >= 11 is 0. The molecule has 1 aromatic heterocycles. The number of aliphatic hydroxyl groups is 2. The van der Waals surface area contributed by atoms with Gasteiger partial charge in [-0.1, -0.05) is 47.9 Å². The van der Waals surface area contributed by atoms with Crippen LogP contribution in [0.1, 0.15) is 84.0 Å². The first-order valence-electron chi connectivity index (χ1n) is 18.7. The van der Waals surface area contributed by atoms with Crippen LogP contribution in [0.4, 0.5) is 0 Å². The van der Waals surface area contributed by atoms with Crippen LogP contribution in [0.15, 0.2) is 73.1 Å². The molecular weight excluding hydrogens is 635 g/mol. The van der Waals surface area contributed by atoms with Gasteiger partial charge in [-0.25, -0.2) is 0 Å². The lowest BCUT2D eigenvalue weighted by molar-refractivity contribution is -0.131. The summed E-state index contributed by atoms with van der Waals surface area (Å²) in [7, 11) is 0. The Morgan fingerprint density at radius 2 is 1.27 bits per heavy atom. The number of nitrogens with zero attached hydrogens (tertiary/aromatic N) is 3. The third-order valence-corrected chi connectivity index (χ3v) is 11.7. The topological polar surface area (TPSA) is 94.0 Å². The summed E-state index contributed by atoms with van der Waals surface area (Å²) < 4.78 is 0. The molecule has 2 N–H and O–H groups in total. The molecule has 7 heteroatoms. The van der Waals surface area contributed by atoms with Crippen molar-refractivity contribution in [1.82, 2.24) is 14.8 Å². The van der Waals surface area contributed by atoms with Crippen LogP contribution in [0.3, 0.4) is 0 Å². The Balaban J connectivity index is 0.000000160. The van der Waals surface area contributed by atoms with Crippen LogP contribution < -0.4 is 0 Å². The van der Waals surface area contributed by atoms with E-state index in [4.69, 9.17) is 0 Å². The summed E-state index contributed by atoms with van der Waals surface area (Å²) in [5.41, 5.74) is 2.83. The number of rotatable bonds is 2. The van der Waals surface area contributed by atoms with Crippen molar-refractivity contribution < 1.29 is 19.8 Å². The Kier molecular flexibility index (Phi) is 10.1. The number of aryl methyl sites for hydroxylation is 2. The van der Waals surface area contributed by atoms with E-state index in [0.29, 0.717) is 49.4 Å². The predicted octanol–water partition coefficient (Wildman–Crippen LogP) is 5.79. The standard InChI is InChI=1S/C23H24N2O2.C21H25NO2/c1-17-5-2-6-18(13-17)9-11-23(27)10-3-7-20-15-25(16-21(20)23)22(26)19-8-4-12-24-14-19;1-15-4-2-5-16(12-15)9-11-21(24)10-3-6-18-13-22(14-19(18)21)20(23)17-7-8-17/h2,4-6,8,12-14,20-21,27H,3,7,10,15-16H2,1H3;2,4-5,12,17-19,24H,3,6-8,10,13-14H2,1H3. The maximum absolute atomic E-state index is 12.8. The highest BCUT2D eigenvalue weighted by molar-refractivity contribution is 5.94. The monoisotopic (exact) mass is 683 g/mol. The fraction of sp³-hybridized carbons (Fsp3) is 0.477. The van der Waals surface area contributed by atoms with Gasteiger partial charge in [0, 0.05) is 67.5 Å². The zero-order valence-electron chi connectivity index (χ0n) is 29.9. The molecule has 51 heavy (non-hydrogen) atoms. The summed E-state index contributed by atoms with van der Waals surface area (Å²) in [6.45, 7) is 6.82. The zero-order chi connectivity index (χ0) is 35.6. The molecule has 6 unspecified atom stereocenters. The molecule has 3 aliphatic carbocycles. The van der Waals surface area contributed by atoms with Crippen LogP contribution in [-0.4, -0.2) is 74.2 Å². The average molecular weight is 684 g/mol. The molecule has 2 aromatic carbocycles. The van der Waals surface area contributed by atoms with Crippen LogP contribution in [0, 0.1) is 67.1 Å². The van der Waals surface area contributed by atoms with Gasteiger partial charge < -0.3 is 20.0 Å². The molecule has 0 bridgehead atoms. The van der Waals surface area contributed by atoms with Crippen molar-refractivity contribution in [3.63, 3.8) is 0 Å². The van der Waals surface area contributed by atoms with Gasteiger partial charge >= 0.3 is 0 Å². The van der Waals surface area contributed by atoms with Crippen LogP contribution in [0.25, 0.3) is 0 Å². The van der Waals surface area contributed by atoms with E-state index >= 15 is 0 Å². The second kappa shape index (κ2) is 14.7. The van der Waals surface area contributed by atoms with Crippen molar-refractivity contribution in [1.29, 1.82) is 0 Å². The number of benzene rings is 2. The molecule has 5 aliphatic rings. The van der Waals surface area contributed by atoms with E-state index in [2.05, 4.69) is 41.7 Å². The first kappa shape index (κ1) is 35.0. The van der Waals surface area contributed by atoms with E-state index < -0.39 is 11.2 Å². The molecule has 3 aromatic rings. The van der Waals surface area contributed by atoms with Crippen LogP contribution in [0.2, 0.25) is 0 Å². The van der Waals surface area contributed by atoms with Crippen LogP contribution in [-0.2, 0) is 4.79 Å². The van der Waals surface area contributed by atoms with Crippen molar-refractivity contribution in [3.8, 4) is 23.7 Å². The SMILES string of the molecule is Cc1cccc(C#CC2(O)CCCC3CN(C(=O)C4CC4)CC32)c1.Cc1cccc(C#CC2(O)CCCC3CN(C(=O)c4cccnc4)CC32)c1. The number of carbonyl (C=O) groups excluding carboxylic acids is 2. The van der Waals surface area contributed by atoms with Crippen molar-refractivity contribution in [3.05, 3.63) is 101 Å². The summed E-state index contributed by atoms with van der Waals surface area (Å²) in [4.78, 5) is 33.1. The molecule has 264 valence electrons. The van der Waals surface area contributed by atoms with E-state index in [-0.39, 0.29) is 23.7 Å². The molecule has 2 aliphatic heterocycles. The van der Waals surface area contributed by atoms with Crippen molar-refractivity contribution in [2.75, 3.05) is 26.2 Å². The first-order valence-corrected chi connectivity index (χ1v) is 18.7. The second-order valence-corrected chi connectivity index (χ2v) is 15.6. The smallest absolute Gasteiger partial charge is 0.255 e. The third kappa shape index (κ3) is 7.91. The van der Waals surface area contributed by atoms with Gasteiger partial charge in [-0.2, -0.15) is 0 Å². The summed E-state index contributed by atoms with van der Waals surface area (Å²) in [6, 6.07) is 19.7. The van der Waals surface area contributed by atoms with Gasteiger partial charge in [0.2, 0.25) is 5.91 Å². The van der Waals surface area contributed by atoms with Gasteiger partial charge in [0.25, 0.3) is 5.91 Å². The molecule has 0 spiro atoms. The van der Waals surface area contributed by atoms with Gasteiger partial charge in [0.1, 0.15) is 11.2 Å². The maximum atomic E-state index is 12.8. The van der Waals surface area contributed by atoms with Crippen LogP contribution in [0.5, 0.6) is 0 Å². The highest BCUT2D eigenvalue weighted by Gasteiger charge is 2.51. The van der Waals surface area contributed by atoms with E-state index in [9.17, 15) is 19.8 Å². The van der Waals surface area contributed by atoms with E-state index in [1.807, 2.05) is 59.2 Å². The molecule has 8 rings (SSSR count). The van der Waals surface area contributed by atoms with Gasteiger partial charge in [0.05, 0.1) is 5.56 Å². The minimum Gasteiger partial charge on any atom is -0.377 e. The minimum atomic E-state index is -1.03. The first-order chi connectivity index (χ1) is 24.6. The minimum absolute atomic E-state index is 0.00387. The molecule has 7 nitrogen and oxygen atoms in total. The number of carbonyl (C=O) groups is 2. The number of hydrogen-bond acceptors (Lipinski definition) is 5. The lowest BCUT2D eigenvalue weighted by atomic mass is 9.71. The fourth-order valence-electron chi connectivity index (χ4n) is 8.77. The van der Waals surface area contributed by atoms with Crippen molar-refractivity contribution >= 4 is 11.8 Å². The normalized spacial score (nSPS) is 29.3. The van der Waals surface area contributed by atoms with Crippen molar-refractivity contribution in [2.45, 2.75) is 76.4 Å². The van der Waals surface area contributed by atoms with Gasteiger partial charge in [-0.05, 0) is 125 Å². The van der Waals surface area contributed by atoms with Gasteiger partial charge in [-0.15, -0.1) is 0 Å². The number of fused-ring (bicyclic) bond motifs is 2. The molecule has 2 saturated heterocycles. The van der Waals surface area contributed by atoms with Gasteiger partial charge in [-0.3, -0.25) is 14.6 Å². The predicted molar refractivity (Wildman–Crippen MR) is 197 cm³/mol. The third-order valence-electron chi connectivity index (χ3n) is 11.7. The average Bonchev–Trinajstić information content (AvgIpc) is 3.72. The Morgan fingerprint density at radius 3 is 1.78 bits per heavy atom. The Hall–Kier alpha value is -4.43. The Morgan fingerprint density at radius 1 is 0.725 bits per heavy atom. The fourth-order valence-corrected chi connectivity index (χ4v) is 8.77. The largest absolute Gasteiger partial charge is 0.377 e. The number of hydrogen-bond donors (Lipinski definition) is 2. The lowest BCUT2D eigenvalue weighted by Crippen LogP contribution is -2.44. The van der Waals surface area contributed by atoms with Crippen LogP contribution >= 0.6 is 0 Å². The quantitative estimate of drug-likeness (QED) is 0.334. The van der Waals surface area contributed by atoms with E-state index in [1.165, 1.54) is 5.56 Å². The molecule has 5 fully saturated rings.